The van der Waals surface area contributed by atoms with Gasteiger partial charge in [-0.1, -0.05) is 11.6 Å². The first-order chi connectivity index (χ1) is 8.16. The van der Waals surface area contributed by atoms with Crippen molar-refractivity contribution < 1.29 is 4.79 Å². The summed E-state index contributed by atoms with van der Waals surface area (Å²) in [6.07, 6.45) is 2.71. The van der Waals surface area contributed by atoms with Gasteiger partial charge in [0.2, 0.25) is 0 Å². The van der Waals surface area contributed by atoms with Crippen LogP contribution in [0.4, 0.5) is 0 Å². The second kappa shape index (κ2) is 5.25. The highest BCUT2D eigenvalue weighted by atomic mass is 35.5. The van der Waals surface area contributed by atoms with Gasteiger partial charge >= 0.3 is 0 Å². The van der Waals surface area contributed by atoms with Gasteiger partial charge in [0, 0.05) is 0 Å². The summed E-state index contributed by atoms with van der Waals surface area (Å²) in [4.78, 5) is 19.5. The fourth-order valence-electron chi connectivity index (χ4n) is 1.30. The highest BCUT2D eigenvalue weighted by Gasteiger charge is 2.12. The maximum absolute atomic E-state index is 11.8. The summed E-state index contributed by atoms with van der Waals surface area (Å²) in [5.74, 6) is -0.257. The van der Waals surface area contributed by atoms with Gasteiger partial charge in [-0.2, -0.15) is 11.3 Å². The van der Waals surface area contributed by atoms with Crippen LogP contribution in [0, 0.1) is 0 Å². The molecule has 0 fully saturated rings. The van der Waals surface area contributed by atoms with Crippen molar-refractivity contribution in [1.82, 2.24) is 15.3 Å². The minimum atomic E-state index is -0.257. The standard InChI is InChI=1S/C11H10ClN3OS/c1-7(8-2-3-17-6-8)15-11(16)9-4-14-10(12)5-13-9/h2-7H,1H3,(H,15,16). The number of carbonyl (C=O) groups is 1. The smallest absolute Gasteiger partial charge is 0.271 e. The molecule has 4 nitrogen and oxygen atoms in total. The van der Waals surface area contributed by atoms with Crippen LogP contribution in [0.2, 0.25) is 5.15 Å². The van der Waals surface area contributed by atoms with Crippen LogP contribution < -0.4 is 5.32 Å². The Kier molecular flexibility index (Phi) is 3.71. The van der Waals surface area contributed by atoms with Gasteiger partial charge in [-0.05, 0) is 29.3 Å². The molecule has 0 radical (unpaired) electrons. The number of nitrogens with zero attached hydrogens (tertiary/aromatic N) is 2. The molecule has 1 N–H and O–H groups in total. The second-order valence-corrected chi connectivity index (χ2v) is 4.64. The number of thiophene rings is 1. The highest BCUT2D eigenvalue weighted by molar-refractivity contribution is 7.07. The molecule has 0 saturated heterocycles. The number of amides is 1. The zero-order valence-corrected chi connectivity index (χ0v) is 10.6. The highest BCUT2D eigenvalue weighted by Crippen LogP contribution is 2.15. The van der Waals surface area contributed by atoms with Gasteiger partial charge in [0.15, 0.2) is 0 Å². The van der Waals surface area contributed by atoms with Crippen LogP contribution in [0.3, 0.4) is 0 Å². The molecule has 0 aliphatic carbocycles. The number of nitrogens with one attached hydrogen (secondary N) is 1. The summed E-state index contributed by atoms with van der Waals surface area (Å²) in [7, 11) is 0. The molecule has 88 valence electrons. The molecular weight excluding hydrogens is 258 g/mol. The van der Waals surface area contributed by atoms with Gasteiger partial charge < -0.3 is 5.32 Å². The number of hydrogen-bond acceptors (Lipinski definition) is 4. The van der Waals surface area contributed by atoms with E-state index in [-0.39, 0.29) is 22.8 Å². The van der Waals surface area contributed by atoms with Crippen molar-refractivity contribution in [1.29, 1.82) is 0 Å². The average Bonchev–Trinajstić information content (AvgIpc) is 2.83. The molecule has 0 saturated carbocycles. The van der Waals surface area contributed by atoms with Crippen LogP contribution in [0.5, 0.6) is 0 Å². The molecule has 6 heteroatoms. The van der Waals surface area contributed by atoms with Gasteiger partial charge in [-0.25, -0.2) is 9.97 Å². The topological polar surface area (TPSA) is 54.9 Å². The molecule has 17 heavy (non-hydrogen) atoms. The fourth-order valence-corrected chi connectivity index (χ4v) is 2.16. The first kappa shape index (κ1) is 12.0. The molecule has 2 rings (SSSR count). The Balaban J connectivity index is 2.04. The van der Waals surface area contributed by atoms with Gasteiger partial charge in [0.1, 0.15) is 10.8 Å². The fraction of sp³-hybridized carbons (Fsp3) is 0.182. The molecule has 1 unspecified atom stereocenters. The summed E-state index contributed by atoms with van der Waals surface area (Å²) in [5, 5.41) is 7.08. The third kappa shape index (κ3) is 3.01. The van der Waals surface area contributed by atoms with E-state index in [9.17, 15) is 4.79 Å². The second-order valence-electron chi connectivity index (χ2n) is 3.48. The third-order valence-electron chi connectivity index (χ3n) is 2.24. The first-order valence-electron chi connectivity index (χ1n) is 4.97. The molecule has 0 aliphatic heterocycles. The minimum Gasteiger partial charge on any atom is -0.344 e. The molecule has 0 bridgehead atoms. The minimum absolute atomic E-state index is 0.0498. The maximum Gasteiger partial charge on any atom is 0.271 e. The lowest BCUT2D eigenvalue weighted by Crippen LogP contribution is -2.27. The zero-order chi connectivity index (χ0) is 12.3. The maximum atomic E-state index is 11.8. The molecule has 0 aliphatic rings. The Hall–Kier alpha value is -1.46. The Morgan fingerprint density at radius 1 is 1.47 bits per heavy atom. The van der Waals surface area contributed by atoms with Crippen LogP contribution in [0.25, 0.3) is 0 Å². The summed E-state index contributed by atoms with van der Waals surface area (Å²) in [6, 6.07) is 1.93. The van der Waals surface area contributed by atoms with Crippen molar-refractivity contribution in [2.75, 3.05) is 0 Å². The van der Waals surface area contributed by atoms with E-state index in [1.54, 1.807) is 11.3 Å². The number of halogens is 1. The van der Waals surface area contributed by atoms with E-state index in [1.165, 1.54) is 12.4 Å². The Morgan fingerprint density at radius 3 is 2.88 bits per heavy atom. The monoisotopic (exact) mass is 267 g/mol. The van der Waals surface area contributed by atoms with E-state index < -0.39 is 0 Å². The van der Waals surface area contributed by atoms with Gasteiger partial charge in [0.25, 0.3) is 5.91 Å². The third-order valence-corrected chi connectivity index (χ3v) is 3.14. The average molecular weight is 268 g/mol. The van der Waals surface area contributed by atoms with Crippen LogP contribution in [0.1, 0.15) is 29.0 Å². The van der Waals surface area contributed by atoms with Crippen molar-refractivity contribution in [3.63, 3.8) is 0 Å². The molecule has 1 amide bonds. The van der Waals surface area contributed by atoms with Crippen molar-refractivity contribution in [2.45, 2.75) is 13.0 Å². The summed E-state index contributed by atoms with van der Waals surface area (Å²) in [5.41, 5.74) is 1.33. The van der Waals surface area contributed by atoms with E-state index in [1.807, 2.05) is 23.8 Å². The van der Waals surface area contributed by atoms with Crippen LogP contribution in [-0.2, 0) is 0 Å². The molecular formula is C11H10ClN3OS. The van der Waals surface area contributed by atoms with Crippen molar-refractivity contribution in [3.8, 4) is 0 Å². The Morgan fingerprint density at radius 2 is 2.29 bits per heavy atom. The van der Waals surface area contributed by atoms with Gasteiger partial charge in [-0.15, -0.1) is 0 Å². The van der Waals surface area contributed by atoms with Crippen LogP contribution in [-0.4, -0.2) is 15.9 Å². The molecule has 0 aromatic carbocycles. The number of carbonyl (C=O) groups excluding carboxylic acids is 1. The van der Waals surface area contributed by atoms with Crippen LogP contribution >= 0.6 is 22.9 Å². The predicted octanol–water partition coefficient (Wildman–Crippen LogP) is 2.68. The quantitative estimate of drug-likeness (QED) is 0.930. The van der Waals surface area contributed by atoms with Gasteiger partial charge in [-0.3, -0.25) is 4.79 Å². The summed E-state index contributed by atoms with van der Waals surface area (Å²) in [6.45, 7) is 1.92. The first-order valence-corrected chi connectivity index (χ1v) is 6.29. The zero-order valence-electron chi connectivity index (χ0n) is 9.05. The molecule has 2 heterocycles. The number of aromatic nitrogens is 2. The summed E-state index contributed by atoms with van der Waals surface area (Å²) < 4.78 is 0. The predicted molar refractivity (Wildman–Crippen MR) is 67.2 cm³/mol. The van der Waals surface area contributed by atoms with E-state index >= 15 is 0 Å². The van der Waals surface area contributed by atoms with Crippen molar-refractivity contribution >= 4 is 28.8 Å². The lowest BCUT2D eigenvalue weighted by atomic mass is 10.2. The molecule has 2 aromatic rings. The molecule has 0 spiro atoms. The van der Waals surface area contributed by atoms with E-state index in [2.05, 4.69) is 15.3 Å². The number of rotatable bonds is 3. The Labute approximate surface area is 108 Å². The van der Waals surface area contributed by atoms with E-state index in [0.29, 0.717) is 0 Å². The molecule has 2 aromatic heterocycles. The lowest BCUT2D eigenvalue weighted by molar-refractivity contribution is 0.0934. The Bertz CT molecular complexity index is 498. The van der Waals surface area contributed by atoms with Crippen LogP contribution in [0.15, 0.2) is 29.2 Å². The number of hydrogen-bond donors (Lipinski definition) is 1. The molecule has 1 atom stereocenters. The SMILES string of the molecule is CC(NC(=O)c1cnc(Cl)cn1)c1ccsc1. The van der Waals surface area contributed by atoms with Gasteiger partial charge in [0.05, 0.1) is 18.4 Å². The van der Waals surface area contributed by atoms with Crippen molar-refractivity contribution in [3.05, 3.63) is 45.6 Å². The summed E-state index contributed by atoms with van der Waals surface area (Å²) >= 11 is 7.20. The van der Waals surface area contributed by atoms with E-state index in [0.717, 1.165) is 5.56 Å². The lowest BCUT2D eigenvalue weighted by Gasteiger charge is -2.11. The van der Waals surface area contributed by atoms with Crippen molar-refractivity contribution in [2.24, 2.45) is 0 Å². The normalized spacial score (nSPS) is 12.1. The van der Waals surface area contributed by atoms with E-state index in [4.69, 9.17) is 11.6 Å². The largest absolute Gasteiger partial charge is 0.344 e.